The molecule has 72 valence electrons. The maximum atomic E-state index is 5.70. The van der Waals surface area contributed by atoms with Crippen molar-refractivity contribution in [2.24, 2.45) is 0 Å². The number of hydrogen-bond acceptors (Lipinski definition) is 3. The van der Waals surface area contributed by atoms with E-state index in [9.17, 15) is 0 Å². The third-order valence-electron chi connectivity index (χ3n) is 2.97. The van der Waals surface area contributed by atoms with Crippen molar-refractivity contribution in [3.63, 3.8) is 0 Å². The van der Waals surface area contributed by atoms with E-state index in [1.165, 1.54) is 0 Å². The van der Waals surface area contributed by atoms with Crippen LogP contribution >= 0.6 is 0 Å². The van der Waals surface area contributed by atoms with Gasteiger partial charge in [-0.3, -0.25) is 9.80 Å². The van der Waals surface area contributed by atoms with Crippen molar-refractivity contribution in [2.75, 3.05) is 39.8 Å². The van der Waals surface area contributed by atoms with Gasteiger partial charge in [0, 0.05) is 25.7 Å². The molecule has 0 unspecified atom stereocenters. The second kappa shape index (κ2) is 3.67. The molecular weight excluding hydrogens is 164 g/mol. The Bertz CT molecular complexity index is 223. The lowest BCUT2D eigenvalue weighted by Crippen LogP contribution is -2.48. The highest BCUT2D eigenvalue weighted by Gasteiger charge is 2.37. The highest BCUT2D eigenvalue weighted by atomic mass is 16.5. The van der Waals surface area contributed by atoms with Gasteiger partial charge in [-0.15, -0.1) is 6.42 Å². The summed E-state index contributed by atoms with van der Waals surface area (Å²) in [6.07, 6.45) is 5.67. The van der Waals surface area contributed by atoms with Crippen molar-refractivity contribution in [1.82, 2.24) is 9.80 Å². The van der Waals surface area contributed by atoms with E-state index in [1.807, 2.05) is 0 Å². The maximum Gasteiger partial charge on any atom is 0.0870 e. The van der Waals surface area contributed by atoms with Gasteiger partial charge in [0.1, 0.15) is 0 Å². The number of ether oxygens (including phenoxy) is 1. The maximum absolute atomic E-state index is 5.70. The van der Waals surface area contributed by atoms with Gasteiger partial charge in [-0.2, -0.15) is 0 Å². The van der Waals surface area contributed by atoms with Crippen LogP contribution in [0.5, 0.6) is 0 Å². The van der Waals surface area contributed by atoms with E-state index in [0.717, 1.165) is 32.8 Å². The summed E-state index contributed by atoms with van der Waals surface area (Å²) < 4.78 is 5.70. The molecule has 13 heavy (non-hydrogen) atoms. The predicted octanol–water partition coefficient (Wildman–Crippen LogP) is -0.366. The Labute approximate surface area is 79.6 Å². The number of likely N-dealkylation sites (tertiary alicyclic amines) is 1. The van der Waals surface area contributed by atoms with Crippen molar-refractivity contribution in [2.45, 2.75) is 12.1 Å². The molecule has 0 bridgehead atoms. The lowest BCUT2D eigenvalue weighted by molar-refractivity contribution is -0.0369. The SMILES string of the molecule is C#CCN1C[C@@H]2[C@@H](C1)OCCN2C. The minimum Gasteiger partial charge on any atom is -0.374 e. The standard InChI is InChI=1S/C10H16N2O/c1-3-4-12-7-9-10(8-12)13-6-5-11(9)2/h1,9-10H,4-8H2,2H3/t9-,10-/m1/s1. The van der Waals surface area contributed by atoms with E-state index in [2.05, 4.69) is 22.8 Å². The summed E-state index contributed by atoms with van der Waals surface area (Å²) in [6.45, 7) is 4.72. The molecule has 0 amide bonds. The van der Waals surface area contributed by atoms with Crippen LogP contribution in [0.1, 0.15) is 0 Å². The number of rotatable bonds is 1. The number of morpholine rings is 1. The molecular formula is C10H16N2O. The second-order valence-corrected chi connectivity index (χ2v) is 3.86. The topological polar surface area (TPSA) is 15.7 Å². The van der Waals surface area contributed by atoms with Crippen molar-refractivity contribution in [3.05, 3.63) is 0 Å². The molecule has 3 heteroatoms. The number of likely N-dealkylation sites (N-methyl/N-ethyl adjacent to an activating group) is 1. The van der Waals surface area contributed by atoms with Crippen LogP contribution in [0, 0.1) is 12.3 Å². The molecule has 2 rings (SSSR count). The van der Waals surface area contributed by atoms with Gasteiger partial charge in [0.25, 0.3) is 0 Å². The summed E-state index contributed by atoms with van der Waals surface area (Å²) in [6, 6.07) is 0.557. The summed E-state index contributed by atoms with van der Waals surface area (Å²) in [5, 5.41) is 0. The minimum atomic E-state index is 0.382. The fourth-order valence-corrected chi connectivity index (χ4v) is 2.19. The van der Waals surface area contributed by atoms with E-state index in [1.54, 1.807) is 0 Å². The van der Waals surface area contributed by atoms with E-state index in [0.29, 0.717) is 12.1 Å². The third-order valence-corrected chi connectivity index (χ3v) is 2.97. The highest BCUT2D eigenvalue weighted by Crippen LogP contribution is 2.20. The average molecular weight is 180 g/mol. The van der Waals surface area contributed by atoms with Gasteiger partial charge in [-0.05, 0) is 7.05 Å². The van der Waals surface area contributed by atoms with Crippen LogP contribution in [-0.4, -0.2) is 61.8 Å². The summed E-state index contributed by atoms with van der Waals surface area (Å²) in [5.74, 6) is 2.69. The first-order valence-electron chi connectivity index (χ1n) is 4.79. The fourth-order valence-electron chi connectivity index (χ4n) is 2.19. The Morgan fingerprint density at radius 1 is 1.54 bits per heavy atom. The van der Waals surface area contributed by atoms with Gasteiger partial charge < -0.3 is 4.74 Å². The van der Waals surface area contributed by atoms with Gasteiger partial charge in [-0.25, -0.2) is 0 Å². The van der Waals surface area contributed by atoms with Gasteiger partial charge >= 0.3 is 0 Å². The van der Waals surface area contributed by atoms with Crippen molar-refractivity contribution >= 4 is 0 Å². The first-order chi connectivity index (χ1) is 6.31. The Morgan fingerprint density at radius 2 is 2.38 bits per heavy atom. The molecule has 0 aliphatic carbocycles. The molecule has 0 saturated carbocycles. The van der Waals surface area contributed by atoms with Gasteiger partial charge in [0.2, 0.25) is 0 Å². The van der Waals surface area contributed by atoms with E-state index in [4.69, 9.17) is 11.2 Å². The molecule has 0 aromatic heterocycles. The summed E-state index contributed by atoms with van der Waals surface area (Å²) >= 11 is 0. The molecule has 2 atom stereocenters. The number of nitrogens with zero attached hydrogens (tertiary/aromatic N) is 2. The first-order valence-corrected chi connectivity index (χ1v) is 4.79. The summed E-state index contributed by atoms with van der Waals surface area (Å²) in [7, 11) is 2.17. The molecule has 2 aliphatic rings. The van der Waals surface area contributed by atoms with Gasteiger partial charge in [0.15, 0.2) is 0 Å². The first kappa shape index (κ1) is 9.01. The molecule has 2 fully saturated rings. The minimum absolute atomic E-state index is 0.382. The lowest BCUT2D eigenvalue weighted by atomic mass is 10.1. The van der Waals surface area contributed by atoms with Crippen molar-refractivity contribution in [1.29, 1.82) is 0 Å². The van der Waals surface area contributed by atoms with Gasteiger partial charge in [0.05, 0.1) is 19.3 Å². The number of hydrogen-bond donors (Lipinski definition) is 0. The molecule has 2 aliphatic heterocycles. The fraction of sp³-hybridized carbons (Fsp3) is 0.800. The van der Waals surface area contributed by atoms with Crippen LogP contribution in [0.4, 0.5) is 0 Å². The normalized spacial score (nSPS) is 35.7. The molecule has 0 aromatic carbocycles. The molecule has 0 radical (unpaired) electrons. The Balaban J connectivity index is 1.96. The molecule has 3 nitrogen and oxygen atoms in total. The van der Waals surface area contributed by atoms with Crippen LogP contribution in [0.3, 0.4) is 0 Å². The van der Waals surface area contributed by atoms with Crippen LogP contribution in [-0.2, 0) is 4.74 Å². The second-order valence-electron chi connectivity index (χ2n) is 3.86. The molecule has 0 spiro atoms. The molecule has 0 aromatic rings. The zero-order valence-corrected chi connectivity index (χ0v) is 8.07. The zero-order valence-electron chi connectivity index (χ0n) is 8.07. The molecule has 0 N–H and O–H groups in total. The van der Waals surface area contributed by atoms with E-state index < -0.39 is 0 Å². The van der Waals surface area contributed by atoms with Crippen molar-refractivity contribution < 1.29 is 4.74 Å². The Kier molecular flexibility index (Phi) is 2.54. The Hall–Kier alpha value is -0.560. The van der Waals surface area contributed by atoms with Crippen LogP contribution < -0.4 is 0 Å². The molecule has 2 saturated heterocycles. The van der Waals surface area contributed by atoms with Crippen LogP contribution in [0.2, 0.25) is 0 Å². The van der Waals surface area contributed by atoms with E-state index in [-0.39, 0.29) is 0 Å². The monoisotopic (exact) mass is 180 g/mol. The molecule has 2 heterocycles. The highest BCUT2D eigenvalue weighted by molar-refractivity contribution is 4.98. The smallest absolute Gasteiger partial charge is 0.0870 e. The quantitative estimate of drug-likeness (QED) is 0.512. The number of terminal acetylenes is 1. The van der Waals surface area contributed by atoms with Gasteiger partial charge in [-0.1, -0.05) is 5.92 Å². The summed E-state index contributed by atoms with van der Waals surface area (Å²) in [4.78, 5) is 4.67. The van der Waals surface area contributed by atoms with Crippen molar-refractivity contribution in [3.8, 4) is 12.3 Å². The third kappa shape index (κ3) is 1.71. The summed E-state index contributed by atoms with van der Waals surface area (Å²) in [5.41, 5.74) is 0. The lowest BCUT2D eigenvalue weighted by Gasteiger charge is -2.33. The number of fused-ring (bicyclic) bond motifs is 1. The van der Waals surface area contributed by atoms with Crippen LogP contribution in [0.15, 0.2) is 0 Å². The Morgan fingerprint density at radius 3 is 3.08 bits per heavy atom. The zero-order chi connectivity index (χ0) is 9.26. The van der Waals surface area contributed by atoms with E-state index >= 15 is 0 Å². The largest absolute Gasteiger partial charge is 0.374 e. The average Bonchev–Trinajstić information content (AvgIpc) is 2.49. The van der Waals surface area contributed by atoms with Crippen LogP contribution in [0.25, 0.3) is 0 Å². The predicted molar refractivity (Wildman–Crippen MR) is 51.4 cm³/mol.